The first kappa shape index (κ1) is 18.6. The summed E-state index contributed by atoms with van der Waals surface area (Å²) in [5.74, 6) is 1.10. The summed E-state index contributed by atoms with van der Waals surface area (Å²) in [7, 11) is 0. The van der Waals surface area contributed by atoms with Crippen LogP contribution in [0.1, 0.15) is 28.8 Å². The Bertz CT molecular complexity index is 954. The van der Waals surface area contributed by atoms with Gasteiger partial charge >= 0.3 is 0 Å². The number of aromatic nitrogens is 2. The smallest absolute Gasteiger partial charge is 0.232 e. The van der Waals surface area contributed by atoms with Crippen LogP contribution in [0.25, 0.3) is 0 Å². The Labute approximate surface area is 161 Å². The molecule has 0 unspecified atom stereocenters. The molecule has 3 aromatic rings. The maximum Gasteiger partial charge on any atom is 0.232 e. The minimum atomic E-state index is -0.562. The Hall–Kier alpha value is -2.80. The van der Waals surface area contributed by atoms with Crippen LogP contribution in [0.15, 0.2) is 47.0 Å². The number of aryl methyl sites for hydroxylation is 1. The van der Waals surface area contributed by atoms with Gasteiger partial charge in [-0.15, -0.1) is 0 Å². The Balaban J connectivity index is 1.24. The average Bonchev–Trinajstić information content (AvgIpc) is 3.07. The highest BCUT2D eigenvalue weighted by molar-refractivity contribution is 5.27. The van der Waals surface area contributed by atoms with Crippen LogP contribution < -0.4 is 4.74 Å². The Morgan fingerprint density at radius 2 is 2.04 bits per heavy atom. The van der Waals surface area contributed by atoms with Crippen molar-refractivity contribution in [3.63, 3.8) is 0 Å². The Kier molecular flexibility index (Phi) is 5.34. The van der Waals surface area contributed by atoms with Gasteiger partial charge in [-0.1, -0.05) is 23.4 Å². The van der Waals surface area contributed by atoms with E-state index in [1.54, 1.807) is 0 Å². The van der Waals surface area contributed by atoms with E-state index in [-0.39, 0.29) is 5.92 Å². The molecule has 28 heavy (non-hydrogen) atoms. The topological polar surface area (TPSA) is 51.4 Å². The van der Waals surface area contributed by atoms with Gasteiger partial charge in [-0.3, -0.25) is 4.90 Å². The number of likely N-dealkylation sites (tertiary alicyclic amines) is 1. The first-order valence-electron chi connectivity index (χ1n) is 9.25. The number of nitrogens with zero attached hydrogens (tertiary/aromatic N) is 3. The number of hydrogen-bond acceptors (Lipinski definition) is 5. The van der Waals surface area contributed by atoms with Crippen LogP contribution in [0.2, 0.25) is 0 Å². The molecule has 4 rings (SSSR count). The van der Waals surface area contributed by atoms with Crippen molar-refractivity contribution in [2.75, 3.05) is 19.7 Å². The van der Waals surface area contributed by atoms with Crippen LogP contribution in [-0.4, -0.2) is 34.7 Å². The lowest BCUT2D eigenvalue weighted by molar-refractivity contribution is 0.116. The molecule has 1 aromatic heterocycles. The molecular formula is C21H21F2N3O2. The van der Waals surface area contributed by atoms with Crippen molar-refractivity contribution in [3.05, 3.63) is 76.9 Å². The third-order valence-corrected chi connectivity index (χ3v) is 4.78. The van der Waals surface area contributed by atoms with Gasteiger partial charge in [0.25, 0.3) is 0 Å². The Morgan fingerprint density at radius 1 is 1.18 bits per heavy atom. The fourth-order valence-corrected chi connectivity index (χ4v) is 3.25. The number of ether oxygens (including phenoxy) is 1. The molecule has 0 radical (unpaired) electrons. The maximum atomic E-state index is 13.7. The van der Waals surface area contributed by atoms with E-state index >= 15 is 0 Å². The van der Waals surface area contributed by atoms with E-state index in [0.29, 0.717) is 49.9 Å². The van der Waals surface area contributed by atoms with Crippen LogP contribution in [0.4, 0.5) is 8.78 Å². The van der Waals surface area contributed by atoms with E-state index in [4.69, 9.17) is 9.26 Å². The maximum absolute atomic E-state index is 13.7. The molecule has 0 N–H and O–H groups in total. The molecule has 2 aromatic carbocycles. The zero-order valence-corrected chi connectivity index (χ0v) is 15.6. The zero-order valence-electron chi connectivity index (χ0n) is 15.6. The zero-order chi connectivity index (χ0) is 19.5. The van der Waals surface area contributed by atoms with Gasteiger partial charge in [-0.25, -0.2) is 8.78 Å². The van der Waals surface area contributed by atoms with Crippen LogP contribution in [0, 0.1) is 18.6 Å². The highest BCUT2D eigenvalue weighted by Gasteiger charge is 2.32. The van der Waals surface area contributed by atoms with Crippen molar-refractivity contribution >= 4 is 0 Å². The van der Waals surface area contributed by atoms with Crippen LogP contribution in [0.5, 0.6) is 5.75 Å². The molecule has 1 aliphatic rings. The third kappa shape index (κ3) is 4.36. The SMILES string of the molecule is Cc1cccc(OCCc2noc(C3CN(Cc4ccc(F)cc4F)C3)n2)c1. The Morgan fingerprint density at radius 3 is 2.82 bits per heavy atom. The van der Waals surface area contributed by atoms with Gasteiger partial charge in [0.15, 0.2) is 5.82 Å². The molecule has 0 aliphatic carbocycles. The fraction of sp³-hybridized carbons (Fsp3) is 0.333. The predicted molar refractivity (Wildman–Crippen MR) is 99.1 cm³/mol. The van der Waals surface area contributed by atoms with E-state index in [1.165, 1.54) is 12.1 Å². The van der Waals surface area contributed by atoms with Crippen LogP contribution in [-0.2, 0) is 13.0 Å². The summed E-state index contributed by atoms with van der Waals surface area (Å²) in [6, 6.07) is 11.5. The molecular weight excluding hydrogens is 364 g/mol. The van der Waals surface area contributed by atoms with E-state index < -0.39 is 11.6 Å². The largest absolute Gasteiger partial charge is 0.493 e. The van der Waals surface area contributed by atoms with Gasteiger partial charge in [-0.2, -0.15) is 4.98 Å². The van der Waals surface area contributed by atoms with E-state index in [9.17, 15) is 8.78 Å². The lowest BCUT2D eigenvalue weighted by atomic mass is 9.99. The second-order valence-electron chi connectivity index (χ2n) is 7.09. The molecule has 1 fully saturated rings. The van der Waals surface area contributed by atoms with Gasteiger partial charge in [0, 0.05) is 37.7 Å². The third-order valence-electron chi connectivity index (χ3n) is 4.78. The van der Waals surface area contributed by atoms with E-state index in [1.807, 2.05) is 31.2 Å². The normalized spacial score (nSPS) is 14.8. The molecule has 0 saturated carbocycles. The van der Waals surface area contributed by atoms with Crippen molar-refractivity contribution in [2.24, 2.45) is 0 Å². The molecule has 0 atom stereocenters. The van der Waals surface area contributed by atoms with Crippen LogP contribution >= 0.6 is 0 Å². The van der Waals surface area contributed by atoms with Gasteiger partial charge < -0.3 is 9.26 Å². The number of hydrogen-bond donors (Lipinski definition) is 0. The second kappa shape index (κ2) is 8.06. The molecule has 7 heteroatoms. The standard InChI is InChI=1S/C21H21F2N3O2/c1-14-3-2-4-18(9-14)27-8-7-20-24-21(28-25-20)16-12-26(13-16)11-15-5-6-17(22)10-19(15)23/h2-6,9-10,16H,7-8,11-13H2,1H3. The molecule has 0 amide bonds. The molecule has 0 bridgehead atoms. The molecule has 5 nitrogen and oxygen atoms in total. The summed E-state index contributed by atoms with van der Waals surface area (Å²) in [5.41, 5.74) is 1.63. The number of benzene rings is 2. The van der Waals surface area contributed by atoms with E-state index in [0.717, 1.165) is 17.4 Å². The van der Waals surface area contributed by atoms with Gasteiger partial charge in [0.05, 0.1) is 12.5 Å². The monoisotopic (exact) mass is 385 g/mol. The quantitative estimate of drug-likeness (QED) is 0.618. The summed E-state index contributed by atoms with van der Waals surface area (Å²) in [5, 5.41) is 4.01. The average molecular weight is 385 g/mol. The first-order chi connectivity index (χ1) is 13.6. The summed E-state index contributed by atoms with van der Waals surface area (Å²) in [6.07, 6.45) is 0.564. The lowest BCUT2D eigenvalue weighted by Crippen LogP contribution is -2.44. The number of rotatable bonds is 7. The van der Waals surface area contributed by atoms with Crippen molar-refractivity contribution < 1.29 is 18.0 Å². The van der Waals surface area contributed by atoms with Crippen molar-refractivity contribution in [3.8, 4) is 5.75 Å². The van der Waals surface area contributed by atoms with Gasteiger partial charge in [-0.05, 0) is 30.7 Å². The van der Waals surface area contributed by atoms with Gasteiger partial charge in [0.1, 0.15) is 17.4 Å². The van der Waals surface area contributed by atoms with Crippen molar-refractivity contribution in [1.82, 2.24) is 15.0 Å². The van der Waals surface area contributed by atoms with Crippen molar-refractivity contribution in [2.45, 2.75) is 25.8 Å². The van der Waals surface area contributed by atoms with Crippen LogP contribution in [0.3, 0.4) is 0 Å². The summed E-state index contributed by atoms with van der Waals surface area (Å²) in [6.45, 7) is 4.35. The van der Waals surface area contributed by atoms with Gasteiger partial charge in [0.2, 0.25) is 5.89 Å². The summed E-state index contributed by atoms with van der Waals surface area (Å²) < 4.78 is 37.8. The van der Waals surface area contributed by atoms with E-state index in [2.05, 4.69) is 15.0 Å². The minimum absolute atomic E-state index is 0.141. The molecule has 146 valence electrons. The molecule has 1 saturated heterocycles. The fourth-order valence-electron chi connectivity index (χ4n) is 3.25. The highest BCUT2D eigenvalue weighted by atomic mass is 19.1. The lowest BCUT2D eigenvalue weighted by Gasteiger charge is -2.37. The molecule has 2 heterocycles. The second-order valence-corrected chi connectivity index (χ2v) is 7.09. The minimum Gasteiger partial charge on any atom is -0.493 e. The van der Waals surface area contributed by atoms with Crippen molar-refractivity contribution in [1.29, 1.82) is 0 Å². The highest BCUT2D eigenvalue weighted by Crippen LogP contribution is 2.28. The molecule has 0 spiro atoms. The summed E-state index contributed by atoms with van der Waals surface area (Å²) in [4.78, 5) is 6.50. The summed E-state index contributed by atoms with van der Waals surface area (Å²) >= 11 is 0. The predicted octanol–water partition coefficient (Wildman–Crippen LogP) is 3.88. The number of halogens is 2. The first-order valence-corrected chi connectivity index (χ1v) is 9.25. The molecule has 1 aliphatic heterocycles.